The number of carboxylic acid groups (broad SMARTS) is 1. The van der Waals surface area contributed by atoms with Crippen LogP contribution in [0, 0.1) is 5.82 Å². The molecule has 210 valence electrons. The first-order valence-corrected chi connectivity index (χ1v) is 16.0. The molecule has 0 aliphatic heterocycles. The zero-order valence-corrected chi connectivity index (χ0v) is 25.1. The molecule has 0 heterocycles. The first-order chi connectivity index (χ1) is 17.4. The molecule has 2 aromatic rings. The second-order valence-corrected chi connectivity index (χ2v) is 17.3. The maximum Gasteiger partial charge on any atom is 0.407 e. The smallest absolute Gasteiger partial charge is 0.407 e. The van der Waals surface area contributed by atoms with Gasteiger partial charge in [-0.15, -0.1) is 0 Å². The summed E-state index contributed by atoms with van der Waals surface area (Å²) in [5.74, 6) is -1.45. The number of hydrogen-bond donors (Lipinski definition) is 2. The third-order valence-corrected chi connectivity index (χ3v) is 11.5. The van der Waals surface area contributed by atoms with Crippen molar-refractivity contribution in [2.24, 2.45) is 0 Å². The molecular weight excluding hydrogens is 501 g/mol. The van der Waals surface area contributed by atoms with Crippen LogP contribution in [0.1, 0.15) is 65.5 Å². The lowest BCUT2D eigenvalue weighted by Crippen LogP contribution is -2.55. The van der Waals surface area contributed by atoms with E-state index in [-0.39, 0.29) is 29.7 Å². The van der Waals surface area contributed by atoms with Crippen molar-refractivity contribution in [1.82, 2.24) is 5.32 Å². The van der Waals surface area contributed by atoms with E-state index in [2.05, 4.69) is 26.1 Å². The molecule has 0 bridgehead atoms. The summed E-state index contributed by atoms with van der Waals surface area (Å²) in [6, 6.07) is 15.2. The molecule has 38 heavy (non-hydrogen) atoms. The Morgan fingerprint density at radius 2 is 1.53 bits per heavy atom. The van der Waals surface area contributed by atoms with Crippen molar-refractivity contribution in [2.45, 2.75) is 103 Å². The summed E-state index contributed by atoms with van der Waals surface area (Å²) in [5, 5.41) is 13.3. The van der Waals surface area contributed by atoms with Crippen molar-refractivity contribution in [1.29, 1.82) is 0 Å². The Kier molecular flexibility index (Phi) is 10.3. The van der Waals surface area contributed by atoms with Gasteiger partial charge in [-0.1, -0.05) is 63.2 Å². The van der Waals surface area contributed by atoms with Crippen LogP contribution in [0.4, 0.5) is 9.18 Å². The van der Waals surface area contributed by atoms with E-state index in [0.29, 0.717) is 18.4 Å². The minimum absolute atomic E-state index is 0.0830. The number of nitrogens with one attached hydrogen (secondary N) is 1. The number of hydrogen-bond acceptors (Lipinski definition) is 4. The molecule has 2 aromatic carbocycles. The van der Waals surface area contributed by atoms with Crippen LogP contribution in [0.3, 0.4) is 0 Å². The lowest BCUT2D eigenvalue weighted by atomic mass is 9.87. The summed E-state index contributed by atoms with van der Waals surface area (Å²) in [6.45, 7) is 15.6. The summed E-state index contributed by atoms with van der Waals surface area (Å²) in [5.41, 5.74) is -0.531. The number of carbonyl (C=O) groups excluding carboxylic acids is 1. The van der Waals surface area contributed by atoms with Crippen molar-refractivity contribution in [3.63, 3.8) is 0 Å². The summed E-state index contributed by atoms with van der Waals surface area (Å²) in [6.07, 6.45) is 0.533. The number of aliphatic carboxylic acids is 1. The van der Waals surface area contributed by atoms with Gasteiger partial charge in [0.15, 0.2) is 13.9 Å². The van der Waals surface area contributed by atoms with Gasteiger partial charge in [0, 0.05) is 12.5 Å². The van der Waals surface area contributed by atoms with Gasteiger partial charge >= 0.3 is 12.1 Å². The fourth-order valence-electron chi connectivity index (χ4n) is 3.98. The minimum atomic E-state index is -2.54. The fourth-order valence-corrected chi connectivity index (χ4v) is 5.53. The van der Waals surface area contributed by atoms with Crippen LogP contribution in [0.2, 0.25) is 18.1 Å². The molecule has 0 radical (unpaired) electrons. The van der Waals surface area contributed by atoms with E-state index in [1.54, 1.807) is 32.9 Å². The highest BCUT2D eigenvalue weighted by Crippen LogP contribution is 2.41. The number of rotatable bonds is 11. The maximum absolute atomic E-state index is 13.6. The first kappa shape index (κ1) is 31.5. The Morgan fingerprint density at radius 3 is 2.03 bits per heavy atom. The predicted octanol–water partition coefficient (Wildman–Crippen LogP) is 7.13. The maximum atomic E-state index is 13.6. The fraction of sp³-hybridized carbons (Fsp3) is 0.533. The highest BCUT2D eigenvalue weighted by atomic mass is 28.4. The third kappa shape index (κ3) is 9.55. The number of amides is 1. The molecule has 0 unspecified atom stereocenters. The molecule has 2 N–H and O–H groups in total. The Morgan fingerprint density at radius 1 is 0.947 bits per heavy atom. The summed E-state index contributed by atoms with van der Waals surface area (Å²) in [4.78, 5) is 25.7. The van der Waals surface area contributed by atoms with E-state index in [0.717, 1.165) is 5.56 Å². The van der Waals surface area contributed by atoms with Gasteiger partial charge < -0.3 is 19.6 Å². The van der Waals surface area contributed by atoms with Gasteiger partial charge in [0.05, 0.1) is 0 Å². The zero-order chi connectivity index (χ0) is 28.8. The van der Waals surface area contributed by atoms with Crippen LogP contribution in [0.15, 0.2) is 54.6 Å². The van der Waals surface area contributed by atoms with Gasteiger partial charge in [-0.3, -0.25) is 0 Å². The zero-order valence-electron chi connectivity index (χ0n) is 24.1. The quantitative estimate of drug-likeness (QED) is 0.293. The topological polar surface area (TPSA) is 84.9 Å². The lowest BCUT2D eigenvalue weighted by molar-refractivity contribution is -0.157. The molecule has 0 fully saturated rings. The molecule has 6 nitrogen and oxygen atoms in total. The number of benzene rings is 2. The van der Waals surface area contributed by atoms with E-state index >= 15 is 0 Å². The van der Waals surface area contributed by atoms with Crippen molar-refractivity contribution >= 4 is 20.4 Å². The molecule has 0 aliphatic rings. The Bertz CT molecular complexity index is 1060. The molecule has 1 amide bonds. The minimum Gasteiger partial charge on any atom is -0.479 e. The average Bonchev–Trinajstić information content (AvgIpc) is 2.77. The van der Waals surface area contributed by atoms with Crippen LogP contribution in [-0.4, -0.2) is 42.7 Å². The summed E-state index contributed by atoms with van der Waals surface area (Å²) in [7, 11) is -2.54. The highest BCUT2D eigenvalue weighted by Gasteiger charge is 2.49. The molecule has 2 atom stereocenters. The van der Waals surface area contributed by atoms with Crippen molar-refractivity contribution in [2.75, 3.05) is 0 Å². The van der Waals surface area contributed by atoms with Crippen LogP contribution in [-0.2, 0) is 26.8 Å². The normalized spacial score (nSPS) is 14.9. The predicted molar refractivity (Wildman–Crippen MR) is 151 cm³/mol. The molecule has 0 spiro atoms. The molecule has 2 rings (SSSR count). The van der Waals surface area contributed by atoms with E-state index in [1.165, 1.54) is 12.1 Å². The van der Waals surface area contributed by atoms with Gasteiger partial charge in [-0.25, -0.2) is 14.0 Å². The van der Waals surface area contributed by atoms with Crippen LogP contribution in [0.25, 0.3) is 0 Å². The monoisotopic (exact) mass is 545 g/mol. The lowest BCUT2D eigenvalue weighted by Gasteiger charge is -2.44. The van der Waals surface area contributed by atoms with Crippen LogP contribution >= 0.6 is 0 Å². The van der Waals surface area contributed by atoms with Crippen LogP contribution < -0.4 is 5.32 Å². The average molecular weight is 546 g/mol. The molecule has 0 aromatic heterocycles. The standard InChI is InChI=1S/C30H44FNO5Si/c1-28(2,3)36-27(35)32-25(20-22-12-10-9-11-13-22)18-19-30(26(33)34,37-38(7,8)29(4,5)6)21-23-14-16-24(31)17-15-23/h9-17,25H,18-21H2,1-8H3,(H,32,35)(H,33,34)/t25-,30+/m0/s1. The molecular formula is C30H44FNO5Si. The van der Waals surface area contributed by atoms with E-state index in [4.69, 9.17) is 9.16 Å². The van der Waals surface area contributed by atoms with Crippen LogP contribution in [0.5, 0.6) is 0 Å². The number of carboxylic acids is 1. The highest BCUT2D eigenvalue weighted by molar-refractivity contribution is 6.74. The third-order valence-electron chi connectivity index (χ3n) is 6.99. The summed E-state index contributed by atoms with van der Waals surface area (Å²) >= 11 is 0. The number of carbonyl (C=O) groups is 2. The van der Waals surface area contributed by atoms with E-state index in [1.807, 2.05) is 43.4 Å². The van der Waals surface area contributed by atoms with Gasteiger partial charge in [0.1, 0.15) is 11.4 Å². The Balaban J connectivity index is 2.42. The number of alkyl carbamates (subject to hydrolysis) is 1. The summed E-state index contributed by atoms with van der Waals surface area (Å²) < 4.78 is 25.8. The van der Waals surface area contributed by atoms with Crippen molar-refractivity contribution in [3.8, 4) is 0 Å². The van der Waals surface area contributed by atoms with Crippen molar-refractivity contribution < 1.29 is 28.2 Å². The van der Waals surface area contributed by atoms with E-state index < -0.39 is 31.6 Å². The largest absolute Gasteiger partial charge is 0.479 e. The molecule has 8 heteroatoms. The Hall–Kier alpha value is -2.71. The molecule has 0 saturated carbocycles. The second kappa shape index (κ2) is 12.4. The molecule has 0 saturated heterocycles. The van der Waals surface area contributed by atoms with Gasteiger partial charge in [0.25, 0.3) is 0 Å². The molecule has 0 aliphatic carbocycles. The first-order valence-electron chi connectivity index (χ1n) is 13.1. The van der Waals surface area contributed by atoms with Gasteiger partial charge in [0.2, 0.25) is 0 Å². The Labute approximate surface area is 228 Å². The second-order valence-electron chi connectivity index (χ2n) is 12.5. The van der Waals surface area contributed by atoms with Crippen molar-refractivity contribution in [3.05, 3.63) is 71.5 Å². The van der Waals surface area contributed by atoms with Gasteiger partial charge in [-0.2, -0.15) is 0 Å². The number of halogens is 1. The SMILES string of the molecule is CC(C)(C)OC(=O)N[C@@H](CC[C@](Cc1ccc(F)cc1)(O[Si](C)(C)C(C)(C)C)C(=O)O)Cc1ccccc1. The number of ether oxygens (including phenoxy) is 1. The van der Waals surface area contributed by atoms with E-state index in [9.17, 15) is 19.1 Å². The van der Waals surface area contributed by atoms with Gasteiger partial charge in [-0.05, 0) is 81.4 Å².